The van der Waals surface area contributed by atoms with Crippen molar-refractivity contribution in [3.05, 3.63) is 57.4 Å². The summed E-state index contributed by atoms with van der Waals surface area (Å²) >= 11 is 5.94. The molecule has 0 aliphatic carbocycles. The van der Waals surface area contributed by atoms with Crippen LogP contribution in [0.25, 0.3) is 0 Å². The Labute approximate surface area is 156 Å². The molecule has 0 saturated heterocycles. The van der Waals surface area contributed by atoms with Crippen molar-refractivity contribution in [3.63, 3.8) is 0 Å². The standard InChI is InChI=1S/C19H21ClN2O4/c1-10-17(13(4)23)12(3)22-18(10)19(25)26-9-16(24)21-11(2)14-6-5-7-15(20)8-14/h5-8,11,22H,9H2,1-4H3,(H,21,24)/t11-/m0/s1. The predicted molar refractivity (Wildman–Crippen MR) is 98.6 cm³/mol. The zero-order valence-corrected chi connectivity index (χ0v) is 15.9. The van der Waals surface area contributed by atoms with Crippen molar-refractivity contribution in [2.75, 3.05) is 6.61 Å². The fraction of sp³-hybridized carbons (Fsp3) is 0.316. The topological polar surface area (TPSA) is 88.3 Å². The molecule has 0 unspecified atom stereocenters. The van der Waals surface area contributed by atoms with E-state index < -0.39 is 18.5 Å². The number of benzene rings is 1. The van der Waals surface area contributed by atoms with E-state index in [0.717, 1.165) is 5.56 Å². The summed E-state index contributed by atoms with van der Waals surface area (Å²) in [4.78, 5) is 38.7. The number of aromatic nitrogens is 1. The molecule has 0 spiro atoms. The quantitative estimate of drug-likeness (QED) is 0.596. The van der Waals surface area contributed by atoms with Crippen LogP contribution in [0.5, 0.6) is 0 Å². The van der Waals surface area contributed by atoms with Gasteiger partial charge in [0.2, 0.25) is 0 Å². The number of carbonyl (C=O) groups excluding carboxylic acids is 3. The van der Waals surface area contributed by atoms with E-state index in [1.807, 2.05) is 13.0 Å². The number of aryl methyl sites for hydroxylation is 1. The van der Waals surface area contributed by atoms with Crippen LogP contribution in [-0.2, 0) is 9.53 Å². The van der Waals surface area contributed by atoms with Crippen LogP contribution in [0.1, 0.15) is 57.6 Å². The van der Waals surface area contributed by atoms with Gasteiger partial charge in [-0.15, -0.1) is 0 Å². The van der Waals surface area contributed by atoms with Gasteiger partial charge in [-0.25, -0.2) is 4.79 Å². The molecule has 26 heavy (non-hydrogen) atoms. The number of H-pyrrole nitrogens is 1. The zero-order chi connectivity index (χ0) is 19.4. The molecule has 1 amide bonds. The summed E-state index contributed by atoms with van der Waals surface area (Å²) in [5.74, 6) is -1.24. The van der Waals surface area contributed by atoms with Crippen molar-refractivity contribution in [1.29, 1.82) is 0 Å². The predicted octanol–water partition coefficient (Wildman–Crippen LogP) is 3.52. The summed E-state index contributed by atoms with van der Waals surface area (Å²) < 4.78 is 5.06. The molecule has 0 aliphatic heterocycles. The highest BCUT2D eigenvalue weighted by Crippen LogP contribution is 2.19. The van der Waals surface area contributed by atoms with Crippen LogP contribution in [-0.4, -0.2) is 29.3 Å². The number of ketones is 1. The molecule has 1 aromatic heterocycles. The Kier molecular flexibility index (Phi) is 6.21. The van der Waals surface area contributed by atoms with Crippen LogP contribution < -0.4 is 5.32 Å². The highest BCUT2D eigenvalue weighted by molar-refractivity contribution is 6.30. The number of ether oxygens (including phenoxy) is 1. The van der Waals surface area contributed by atoms with Crippen LogP contribution in [0.2, 0.25) is 5.02 Å². The number of hydrogen-bond donors (Lipinski definition) is 2. The number of amides is 1. The molecule has 0 saturated carbocycles. The Morgan fingerprint density at radius 2 is 1.96 bits per heavy atom. The summed E-state index contributed by atoms with van der Waals surface area (Å²) in [5, 5.41) is 3.32. The first-order chi connectivity index (χ1) is 12.2. The maximum atomic E-state index is 12.2. The van der Waals surface area contributed by atoms with Crippen LogP contribution >= 0.6 is 11.6 Å². The number of aromatic amines is 1. The zero-order valence-electron chi connectivity index (χ0n) is 15.1. The lowest BCUT2D eigenvalue weighted by Crippen LogP contribution is -2.31. The molecule has 0 fully saturated rings. The van der Waals surface area contributed by atoms with E-state index in [0.29, 0.717) is 21.8 Å². The molecule has 1 heterocycles. The minimum absolute atomic E-state index is 0.136. The maximum Gasteiger partial charge on any atom is 0.355 e. The molecule has 1 aromatic carbocycles. The van der Waals surface area contributed by atoms with Gasteiger partial charge in [-0.05, 0) is 51.0 Å². The number of rotatable bonds is 6. The average molecular weight is 377 g/mol. The van der Waals surface area contributed by atoms with Gasteiger partial charge in [0.25, 0.3) is 5.91 Å². The third-order valence-corrected chi connectivity index (χ3v) is 4.29. The molecule has 7 heteroatoms. The number of hydrogen-bond acceptors (Lipinski definition) is 4. The third-order valence-electron chi connectivity index (χ3n) is 4.05. The van der Waals surface area contributed by atoms with Gasteiger partial charge >= 0.3 is 5.97 Å². The number of Topliss-reactive ketones (excluding diaryl/α,β-unsaturated/α-hetero) is 1. The highest BCUT2D eigenvalue weighted by Gasteiger charge is 2.21. The average Bonchev–Trinajstić information content (AvgIpc) is 2.87. The molecule has 138 valence electrons. The van der Waals surface area contributed by atoms with Crippen molar-refractivity contribution in [3.8, 4) is 0 Å². The molecular weight excluding hydrogens is 356 g/mol. The van der Waals surface area contributed by atoms with E-state index in [4.69, 9.17) is 16.3 Å². The van der Waals surface area contributed by atoms with Crippen molar-refractivity contribution in [1.82, 2.24) is 10.3 Å². The molecule has 0 aliphatic rings. The lowest BCUT2D eigenvalue weighted by molar-refractivity contribution is -0.124. The van der Waals surface area contributed by atoms with E-state index in [1.165, 1.54) is 6.92 Å². The lowest BCUT2D eigenvalue weighted by atomic mass is 10.1. The van der Waals surface area contributed by atoms with Gasteiger partial charge in [-0.3, -0.25) is 9.59 Å². The number of halogens is 1. The molecule has 2 N–H and O–H groups in total. The lowest BCUT2D eigenvalue weighted by Gasteiger charge is -2.14. The molecule has 0 bridgehead atoms. The fourth-order valence-corrected chi connectivity index (χ4v) is 3.03. The van der Waals surface area contributed by atoms with E-state index in [2.05, 4.69) is 10.3 Å². The molecule has 1 atom stereocenters. The van der Waals surface area contributed by atoms with Gasteiger partial charge in [0.15, 0.2) is 12.4 Å². The first-order valence-electron chi connectivity index (χ1n) is 8.12. The maximum absolute atomic E-state index is 12.2. The summed E-state index contributed by atoms with van der Waals surface area (Å²) in [7, 11) is 0. The monoisotopic (exact) mass is 376 g/mol. The van der Waals surface area contributed by atoms with E-state index >= 15 is 0 Å². The Hall–Kier alpha value is -2.60. The van der Waals surface area contributed by atoms with E-state index in [1.54, 1.807) is 32.0 Å². The van der Waals surface area contributed by atoms with Crippen molar-refractivity contribution >= 4 is 29.3 Å². The largest absolute Gasteiger partial charge is 0.451 e. The van der Waals surface area contributed by atoms with Gasteiger partial charge in [0.1, 0.15) is 5.69 Å². The normalized spacial score (nSPS) is 11.7. The summed E-state index contributed by atoms with van der Waals surface area (Å²) in [5.41, 5.74) is 2.62. The molecular formula is C19H21ClN2O4. The molecule has 2 aromatic rings. The molecule has 6 nitrogen and oxygen atoms in total. The van der Waals surface area contributed by atoms with E-state index in [9.17, 15) is 14.4 Å². The second-order valence-electron chi connectivity index (χ2n) is 6.10. The minimum atomic E-state index is -0.677. The Bertz CT molecular complexity index is 857. The smallest absolute Gasteiger partial charge is 0.355 e. The van der Waals surface area contributed by atoms with Gasteiger partial charge in [0, 0.05) is 16.3 Å². The SMILES string of the molecule is CC(=O)c1c(C)[nH]c(C(=O)OCC(=O)N[C@@H](C)c2cccc(Cl)c2)c1C. The first-order valence-corrected chi connectivity index (χ1v) is 8.50. The van der Waals surface area contributed by atoms with Crippen LogP contribution in [0.3, 0.4) is 0 Å². The van der Waals surface area contributed by atoms with Gasteiger partial charge in [0.05, 0.1) is 6.04 Å². The first kappa shape index (κ1) is 19.7. The van der Waals surface area contributed by atoms with Gasteiger partial charge < -0.3 is 15.0 Å². The summed E-state index contributed by atoms with van der Waals surface area (Å²) in [6.07, 6.45) is 0. The van der Waals surface area contributed by atoms with Crippen LogP contribution in [0.15, 0.2) is 24.3 Å². The fourth-order valence-electron chi connectivity index (χ4n) is 2.83. The second kappa shape index (κ2) is 8.19. The number of nitrogens with one attached hydrogen (secondary N) is 2. The van der Waals surface area contributed by atoms with Crippen molar-refractivity contribution in [2.45, 2.75) is 33.7 Å². The van der Waals surface area contributed by atoms with E-state index in [-0.39, 0.29) is 17.5 Å². The number of esters is 1. The number of carbonyl (C=O) groups is 3. The summed E-state index contributed by atoms with van der Waals surface area (Å²) in [6.45, 7) is 6.20. The van der Waals surface area contributed by atoms with Crippen molar-refractivity contribution < 1.29 is 19.1 Å². The Morgan fingerprint density at radius 3 is 2.54 bits per heavy atom. The summed E-state index contributed by atoms with van der Waals surface area (Å²) in [6, 6.07) is 6.86. The van der Waals surface area contributed by atoms with Crippen molar-refractivity contribution in [2.24, 2.45) is 0 Å². The van der Waals surface area contributed by atoms with Crippen LogP contribution in [0.4, 0.5) is 0 Å². The third kappa shape index (κ3) is 4.52. The van der Waals surface area contributed by atoms with Gasteiger partial charge in [-0.2, -0.15) is 0 Å². The molecule has 0 radical (unpaired) electrons. The minimum Gasteiger partial charge on any atom is -0.451 e. The highest BCUT2D eigenvalue weighted by atomic mass is 35.5. The van der Waals surface area contributed by atoms with Crippen LogP contribution in [0, 0.1) is 13.8 Å². The molecule has 2 rings (SSSR count). The Balaban J connectivity index is 1.96. The van der Waals surface area contributed by atoms with Gasteiger partial charge in [-0.1, -0.05) is 23.7 Å². The Morgan fingerprint density at radius 1 is 1.27 bits per heavy atom. The second-order valence-corrected chi connectivity index (χ2v) is 6.54.